The summed E-state index contributed by atoms with van der Waals surface area (Å²) in [6, 6.07) is 0.295. The fraction of sp³-hybridized carbons (Fsp3) is 0.733. The number of aromatic nitrogens is 2. The molecule has 2 fully saturated rings. The Morgan fingerprint density at radius 2 is 2.16 bits per heavy atom. The molecule has 1 aromatic heterocycles. The number of fused-ring (bicyclic) bond motifs is 2. The normalized spacial score (nSPS) is 30.5. The van der Waals surface area contributed by atoms with Crippen LogP contribution in [0.1, 0.15) is 44.3 Å². The van der Waals surface area contributed by atoms with Gasteiger partial charge in [0, 0.05) is 12.4 Å². The zero-order chi connectivity index (χ0) is 13.2. The maximum atomic E-state index is 5.40. The van der Waals surface area contributed by atoms with E-state index in [1.165, 1.54) is 25.7 Å². The zero-order valence-electron chi connectivity index (χ0n) is 11.8. The van der Waals surface area contributed by atoms with E-state index in [-0.39, 0.29) is 0 Å². The van der Waals surface area contributed by atoms with Crippen molar-refractivity contribution in [3.05, 3.63) is 18.1 Å². The van der Waals surface area contributed by atoms with Crippen molar-refractivity contribution in [2.24, 2.45) is 17.8 Å². The maximum Gasteiger partial charge on any atom is 0.237 e. The zero-order valence-corrected chi connectivity index (χ0v) is 11.8. The molecule has 0 amide bonds. The van der Waals surface area contributed by atoms with E-state index in [0.29, 0.717) is 17.8 Å². The van der Waals surface area contributed by atoms with Gasteiger partial charge in [-0.15, -0.1) is 0 Å². The molecule has 3 rings (SSSR count). The average Bonchev–Trinajstić information content (AvgIpc) is 3.07. The van der Waals surface area contributed by atoms with Crippen molar-refractivity contribution in [3.63, 3.8) is 0 Å². The van der Waals surface area contributed by atoms with Crippen LogP contribution in [0.3, 0.4) is 0 Å². The first-order valence-electron chi connectivity index (χ1n) is 7.41. The molecule has 4 atom stereocenters. The van der Waals surface area contributed by atoms with Gasteiger partial charge in [0.05, 0.1) is 13.2 Å². The van der Waals surface area contributed by atoms with Crippen LogP contribution in [-0.2, 0) is 0 Å². The lowest BCUT2D eigenvalue weighted by Gasteiger charge is -2.31. The minimum atomic E-state index is 0.295. The highest BCUT2D eigenvalue weighted by Crippen LogP contribution is 2.52. The molecule has 4 nitrogen and oxygen atoms in total. The van der Waals surface area contributed by atoms with Gasteiger partial charge in [0.25, 0.3) is 0 Å². The molecular formula is C15H23N3O. The lowest BCUT2D eigenvalue weighted by atomic mass is 9.82. The van der Waals surface area contributed by atoms with Crippen LogP contribution < -0.4 is 10.1 Å². The summed E-state index contributed by atoms with van der Waals surface area (Å²) in [4.78, 5) is 8.86. The first kappa shape index (κ1) is 12.9. The Morgan fingerprint density at radius 1 is 1.32 bits per heavy atom. The molecule has 0 spiro atoms. The van der Waals surface area contributed by atoms with E-state index in [2.05, 4.69) is 22.2 Å². The topological polar surface area (TPSA) is 47.0 Å². The summed E-state index contributed by atoms with van der Waals surface area (Å²) in [6.45, 7) is 3.11. The number of rotatable bonds is 5. The number of nitrogens with one attached hydrogen (secondary N) is 1. The van der Waals surface area contributed by atoms with Gasteiger partial charge in [-0.3, -0.25) is 4.98 Å². The molecule has 0 saturated heterocycles. The molecule has 2 bridgehead atoms. The molecule has 2 aliphatic carbocycles. The summed E-state index contributed by atoms with van der Waals surface area (Å²) in [5.74, 6) is 3.18. The Balaban J connectivity index is 1.88. The molecule has 2 aliphatic rings. The minimum Gasteiger partial charge on any atom is -0.480 e. The van der Waals surface area contributed by atoms with Crippen molar-refractivity contribution in [1.82, 2.24) is 15.3 Å². The first-order valence-corrected chi connectivity index (χ1v) is 7.41. The predicted octanol–water partition coefficient (Wildman–Crippen LogP) is 2.57. The van der Waals surface area contributed by atoms with E-state index in [1.807, 2.05) is 0 Å². The van der Waals surface area contributed by atoms with Crippen LogP contribution in [0.25, 0.3) is 0 Å². The summed E-state index contributed by atoms with van der Waals surface area (Å²) >= 11 is 0. The van der Waals surface area contributed by atoms with Crippen molar-refractivity contribution in [2.75, 3.05) is 13.7 Å². The lowest BCUT2D eigenvalue weighted by Crippen LogP contribution is -2.32. The Hall–Kier alpha value is -1.16. The van der Waals surface area contributed by atoms with Gasteiger partial charge in [0.1, 0.15) is 5.69 Å². The van der Waals surface area contributed by atoms with Crippen LogP contribution >= 0.6 is 0 Å². The standard InChI is InChI=1S/C15H23N3O/c1-3-16-13(12-9-10-4-5-11(12)8-10)14-15(19-2)18-7-6-17-14/h6-7,10-13,16H,3-5,8-9H2,1-2H3. The van der Waals surface area contributed by atoms with E-state index in [0.717, 1.165) is 24.1 Å². The van der Waals surface area contributed by atoms with Crippen molar-refractivity contribution < 1.29 is 4.74 Å². The number of hydrogen-bond acceptors (Lipinski definition) is 4. The second-order valence-corrected chi connectivity index (χ2v) is 5.82. The summed E-state index contributed by atoms with van der Waals surface area (Å²) in [7, 11) is 1.68. The van der Waals surface area contributed by atoms with Gasteiger partial charge < -0.3 is 10.1 Å². The summed E-state index contributed by atoms with van der Waals surface area (Å²) in [5, 5.41) is 3.62. The molecule has 1 heterocycles. The van der Waals surface area contributed by atoms with Crippen molar-refractivity contribution >= 4 is 0 Å². The van der Waals surface area contributed by atoms with E-state index < -0.39 is 0 Å². The molecular weight excluding hydrogens is 238 g/mol. The number of nitrogens with zero attached hydrogens (tertiary/aromatic N) is 2. The van der Waals surface area contributed by atoms with Crippen molar-refractivity contribution in [1.29, 1.82) is 0 Å². The molecule has 104 valence electrons. The van der Waals surface area contributed by atoms with Gasteiger partial charge >= 0.3 is 0 Å². The SMILES string of the molecule is CCNC(c1nccnc1OC)C1CC2CCC1C2. The minimum absolute atomic E-state index is 0.295. The van der Waals surface area contributed by atoms with Gasteiger partial charge in [-0.05, 0) is 43.6 Å². The van der Waals surface area contributed by atoms with Crippen molar-refractivity contribution in [3.8, 4) is 5.88 Å². The second-order valence-electron chi connectivity index (χ2n) is 5.82. The Kier molecular flexibility index (Phi) is 3.69. The fourth-order valence-electron chi connectivity index (χ4n) is 4.08. The third-order valence-corrected chi connectivity index (χ3v) is 4.82. The third kappa shape index (κ3) is 2.34. The molecule has 19 heavy (non-hydrogen) atoms. The van der Waals surface area contributed by atoms with Crippen LogP contribution in [0.2, 0.25) is 0 Å². The number of ether oxygens (including phenoxy) is 1. The largest absolute Gasteiger partial charge is 0.480 e. The van der Waals surface area contributed by atoms with Gasteiger partial charge in [0.2, 0.25) is 5.88 Å². The summed E-state index contributed by atoms with van der Waals surface area (Å²) in [6.07, 6.45) is 9.04. The number of hydrogen-bond donors (Lipinski definition) is 1. The maximum absolute atomic E-state index is 5.40. The Morgan fingerprint density at radius 3 is 2.79 bits per heavy atom. The van der Waals surface area contributed by atoms with E-state index in [9.17, 15) is 0 Å². The summed E-state index contributed by atoms with van der Waals surface area (Å²) < 4.78 is 5.40. The van der Waals surface area contributed by atoms with Gasteiger partial charge in [-0.2, -0.15) is 0 Å². The quantitative estimate of drug-likeness (QED) is 0.885. The monoisotopic (exact) mass is 261 g/mol. The van der Waals surface area contributed by atoms with E-state index >= 15 is 0 Å². The van der Waals surface area contributed by atoms with E-state index in [4.69, 9.17) is 4.74 Å². The molecule has 1 aromatic rings. The van der Waals surface area contributed by atoms with Crippen LogP contribution in [-0.4, -0.2) is 23.6 Å². The molecule has 4 heteroatoms. The first-order chi connectivity index (χ1) is 9.33. The van der Waals surface area contributed by atoms with Crippen LogP contribution in [0, 0.1) is 17.8 Å². The number of methoxy groups -OCH3 is 1. The van der Waals surface area contributed by atoms with Crippen molar-refractivity contribution in [2.45, 2.75) is 38.6 Å². The Bertz CT molecular complexity index is 437. The summed E-state index contributed by atoms with van der Waals surface area (Å²) in [5.41, 5.74) is 0.990. The molecule has 1 N–H and O–H groups in total. The van der Waals surface area contributed by atoms with Crippen LogP contribution in [0.15, 0.2) is 12.4 Å². The van der Waals surface area contributed by atoms with Crippen LogP contribution in [0.5, 0.6) is 5.88 Å². The molecule has 0 aromatic carbocycles. The van der Waals surface area contributed by atoms with Crippen LogP contribution in [0.4, 0.5) is 0 Å². The highest BCUT2D eigenvalue weighted by molar-refractivity contribution is 5.23. The second kappa shape index (κ2) is 5.45. The molecule has 2 saturated carbocycles. The van der Waals surface area contributed by atoms with Gasteiger partial charge in [-0.25, -0.2) is 4.98 Å². The third-order valence-electron chi connectivity index (χ3n) is 4.82. The van der Waals surface area contributed by atoms with E-state index in [1.54, 1.807) is 19.5 Å². The fourth-order valence-corrected chi connectivity index (χ4v) is 4.08. The smallest absolute Gasteiger partial charge is 0.237 e. The molecule has 0 radical (unpaired) electrons. The Labute approximate surface area is 115 Å². The molecule has 0 aliphatic heterocycles. The van der Waals surface area contributed by atoms with Gasteiger partial charge in [-0.1, -0.05) is 13.3 Å². The lowest BCUT2D eigenvalue weighted by molar-refractivity contribution is 0.242. The highest BCUT2D eigenvalue weighted by atomic mass is 16.5. The predicted molar refractivity (Wildman–Crippen MR) is 73.9 cm³/mol. The average molecular weight is 261 g/mol. The highest BCUT2D eigenvalue weighted by Gasteiger charge is 2.44. The molecule has 4 unspecified atom stereocenters. The van der Waals surface area contributed by atoms with Gasteiger partial charge in [0.15, 0.2) is 0 Å².